The van der Waals surface area contributed by atoms with E-state index in [2.05, 4.69) is 9.97 Å². The van der Waals surface area contributed by atoms with E-state index in [9.17, 15) is 4.79 Å². The summed E-state index contributed by atoms with van der Waals surface area (Å²) < 4.78 is 0. The van der Waals surface area contributed by atoms with Crippen LogP contribution in [0.3, 0.4) is 0 Å². The molecule has 0 aromatic carbocycles. The lowest BCUT2D eigenvalue weighted by atomic mass is 9.80. The lowest BCUT2D eigenvalue weighted by Gasteiger charge is -2.25. The third-order valence-electron chi connectivity index (χ3n) is 4.85. The van der Waals surface area contributed by atoms with Gasteiger partial charge in [-0.15, -0.1) is 11.3 Å². The van der Waals surface area contributed by atoms with Crippen molar-refractivity contribution >= 4 is 17.2 Å². The molecule has 0 spiro atoms. The van der Waals surface area contributed by atoms with Gasteiger partial charge < -0.3 is 4.90 Å². The third kappa shape index (κ3) is 2.43. The number of likely N-dealkylation sites (tertiary alicyclic amines) is 1. The Labute approximate surface area is 134 Å². The zero-order valence-corrected chi connectivity index (χ0v) is 13.5. The molecule has 4 nitrogen and oxygen atoms in total. The van der Waals surface area contributed by atoms with Gasteiger partial charge in [-0.2, -0.15) is 0 Å². The Kier molecular flexibility index (Phi) is 3.45. The molecule has 1 fully saturated rings. The molecule has 22 heavy (non-hydrogen) atoms. The SMILES string of the molecule is Cc1ncc2c(n1)[C@@H]1CN(C(=O)Cc3cccs3)C[C@@H]1CC2. The van der Waals surface area contributed by atoms with Gasteiger partial charge in [0.25, 0.3) is 0 Å². The Morgan fingerprint density at radius 1 is 1.45 bits per heavy atom. The van der Waals surface area contributed by atoms with Crippen molar-refractivity contribution in [2.45, 2.75) is 32.1 Å². The zero-order valence-electron chi connectivity index (χ0n) is 12.7. The Morgan fingerprint density at radius 2 is 2.36 bits per heavy atom. The molecule has 0 radical (unpaired) electrons. The molecule has 2 aromatic heterocycles. The summed E-state index contributed by atoms with van der Waals surface area (Å²) in [5, 5.41) is 2.03. The number of aryl methyl sites for hydroxylation is 2. The van der Waals surface area contributed by atoms with Crippen molar-refractivity contribution in [2.24, 2.45) is 5.92 Å². The molecule has 3 heterocycles. The molecule has 0 bridgehead atoms. The highest BCUT2D eigenvalue weighted by molar-refractivity contribution is 7.10. The molecule has 2 aliphatic rings. The molecule has 2 aromatic rings. The minimum absolute atomic E-state index is 0.254. The van der Waals surface area contributed by atoms with E-state index < -0.39 is 0 Å². The van der Waals surface area contributed by atoms with Crippen LogP contribution in [-0.4, -0.2) is 33.9 Å². The predicted molar refractivity (Wildman–Crippen MR) is 85.9 cm³/mol. The maximum Gasteiger partial charge on any atom is 0.227 e. The van der Waals surface area contributed by atoms with Crippen molar-refractivity contribution in [3.05, 3.63) is 45.7 Å². The van der Waals surface area contributed by atoms with Crippen LogP contribution in [0.2, 0.25) is 0 Å². The van der Waals surface area contributed by atoms with Gasteiger partial charge in [-0.1, -0.05) is 6.07 Å². The van der Waals surface area contributed by atoms with Crippen LogP contribution in [-0.2, 0) is 17.6 Å². The number of fused-ring (bicyclic) bond motifs is 3. The normalized spacial score (nSPS) is 23.2. The number of hydrogen-bond donors (Lipinski definition) is 0. The number of rotatable bonds is 2. The first kappa shape index (κ1) is 13.9. The maximum absolute atomic E-state index is 12.5. The van der Waals surface area contributed by atoms with Crippen LogP contribution < -0.4 is 0 Å². The number of amides is 1. The highest BCUT2D eigenvalue weighted by Crippen LogP contribution is 2.40. The minimum atomic E-state index is 0.254. The second kappa shape index (κ2) is 5.47. The van der Waals surface area contributed by atoms with E-state index in [0.29, 0.717) is 18.3 Å². The first-order chi connectivity index (χ1) is 10.7. The average Bonchev–Trinajstić information content (AvgIpc) is 3.15. The second-order valence-corrected chi connectivity index (χ2v) is 7.32. The first-order valence-corrected chi connectivity index (χ1v) is 8.71. The highest BCUT2D eigenvalue weighted by atomic mass is 32.1. The van der Waals surface area contributed by atoms with Gasteiger partial charge in [0.15, 0.2) is 0 Å². The summed E-state index contributed by atoms with van der Waals surface area (Å²) >= 11 is 1.66. The van der Waals surface area contributed by atoms with E-state index in [0.717, 1.165) is 36.6 Å². The maximum atomic E-state index is 12.5. The van der Waals surface area contributed by atoms with Crippen molar-refractivity contribution in [3.63, 3.8) is 0 Å². The Bertz CT molecular complexity index is 698. The van der Waals surface area contributed by atoms with Crippen LogP contribution in [0.4, 0.5) is 0 Å². The summed E-state index contributed by atoms with van der Waals surface area (Å²) in [4.78, 5) is 24.7. The quantitative estimate of drug-likeness (QED) is 0.856. The van der Waals surface area contributed by atoms with Gasteiger partial charge in [0.2, 0.25) is 5.91 Å². The highest BCUT2D eigenvalue weighted by Gasteiger charge is 2.40. The molecule has 2 atom stereocenters. The largest absolute Gasteiger partial charge is 0.341 e. The summed E-state index contributed by atoms with van der Waals surface area (Å²) in [6.07, 6.45) is 4.70. The van der Waals surface area contributed by atoms with Crippen molar-refractivity contribution in [3.8, 4) is 0 Å². The number of carbonyl (C=O) groups excluding carboxylic acids is 1. The summed E-state index contributed by atoms with van der Waals surface area (Å²) in [6.45, 7) is 3.65. The number of nitrogens with zero attached hydrogens (tertiary/aromatic N) is 3. The fraction of sp³-hybridized carbons (Fsp3) is 0.471. The van der Waals surface area contributed by atoms with Crippen LogP contribution in [0, 0.1) is 12.8 Å². The van der Waals surface area contributed by atoms with E-state index in [-0.39, 0.29) is 5.91 Å². The lowest BCUT2D eigenvalue weighted by molar-refractivity contribution is -0.129. The number of carbonyl (C=O) groups is 1. The van der Waals surface area contributed by atoms with Crippen LogP contribution in [0.5, 0.6) is 0 Å². The summed E-state index contributed by atoms with van der Waals surface area (Å²) in [5.41, 5.74) is 2.47. The number of hydrogen-bond acceptors (Lipinski definition) is 4. The van der Waals surface area contributed by atoms with Crippen molar-refractivity contribution in [1.29, 1.82) is 0 Å². The van der Waals surface area contributed by atoms with Crippen LogP contribution in [0.15, 0.2) is 23.7 Å². The van der Waals surface area contributed by atoms with Gasteiger partial charge in [0.05, 0.1) is 12.1 Å². The number of thiophene rings is 1. The molecule has 1 amide bonds. The Hall–Kier alpha value is -1.75. The minimum Gasteiger partial charge on any atom is -0.341 e. The lowest BCUT2D eigenvalue weighted by Crippen LogP contribution is -2.30. The van der Waals surface area contributed by atoms with Gasteiger partial charge >= 0.3 is 0 Å². The Balaban J connectivity index is 1.53. The standard InChI is InChI=1S/C17H19N3OS/c1-11-18-8-12-4-5-13-9-20(10-15(13)17(12)19-11)16(21)7-14-3-2-6-22-14/h2-3,6,8,13,15H,4-5,7,9-10H2,1H3/t13-,15+/m0/s1. The molecule has 0 N–H and O–H groups in total. The monoisotopic (exact) mass is 313 g/mol. The van der Waals surface area contributed by atoms with E-state index >= 15 is 0 Å². The number of aromatic nitrogens is 2. The van der Waals surface area contributed by atoms with Crippen LogP contribution in [0.25, 0.3) is 0 Å². The summed E-state index contributed by atoms with van der Waals surface area (Å²) in [5.74, 6) is 2.05. The zero-order chi connectivity index (χ0) is 15.1. The van der Waals surface area contributed by atoms with E-state index in [1.807, 2.05) is 35.5 Å². The van der Waals surface area contributed by atoms with E-state index in [1.54, 1.807) is 11.3 Å². The molecular formula is C17H19N3OS. The topological polar surface area (TPSA) is 46.1 Å². The van der Waals surface area contributed by atoms with Gasteiger partial charge in [0.1, 0.15) is 5.82 Å². The average molecular weight is 313 g/mol. The molecule has 0 saturated carbocycles. The Morgan fingerprint density at radius 3 is 3.18 bits per heavy atom. The molecule has 1 aliphatic heterocycles. The molecule has 1 aliphatic carbocycles. The van der Waals surface area contributed by atoms with Gasteiger partial charge in [-0.3, -0.25) is 4.79 Å². The third-order valence-corrected chi connectivity index (χ3v) is 5.73. The molecular weight excluding hydrogens is 294 g/mol. The fourth-order valence-electron chi connectivity index (χ4n) is 3.72. The van der Waals surface area contributed by atoms with Crippen LogP contribution in [0.1, 0.15) is 34.3 Å². The first-order valence-electron chi connectivity index (χ1n) is 7.83. The molecule has 0 unspecified atom stereocenters. The van der Waals surface area contributed by atoms with E-state index in [1.165, 1.54) is 11.3 Å². The van der Waals surface area contributed by atoms with Crippen molar-refractivity contribution in [1.82, 2.24) is 14.9 Å². The van der Waals surface area contributed by atoms with Gasteiger partial charge in [0, 0.05) is 30.1 Å². The van der Waals surface area contributed by atoms with Crippen molar-refractivity contribution in [2.75, 3.05) is 13.1 Å². The van der Waals surface area contributed by atoms with Gasteiger partial charge in [-0.25, -0.2) is 9.97 Å². The molecule has 114 valence electrons. The van der Waals surface area contributed by atoms with Crippen LogP contribution >= 0.6 is 11.3 Å². The van der Waals surface area contributed by atoms with Gasteiger partial charge in [-0.05, 0) is 42.7 Å². The summed E-state index contributed by atoms with van der Waals surface area (Å²) in [6, 6.07) is 4.05. The smallest absolute Gasteiger partial charge is 0.227 e. The molecule has 4 rings (SSSR count). The van der Waals surface area contributed by atoms with E-state index in [4.69, 9.17) is 0 Å². The predicted octanol–water partition coefficient (Wildman–Crippen LogP) is 2.58. The second-order valence-electron chi connectivity index (χ2n) is 6.29. The fourth-order valence-corrected chi connectivity index (χ4v) is 4.41. The van der Waals surface area contributed by atoms with Crippen molar-refractivity contribution < 1.29 is 4.79 Å². The molecule has 1 saturated heterocycles. The molecule has 5 heteroatoms. The summed E-state index contributed by atoms with van der Waals surface area (Å²) in [7, 11) is 0.